The van der Waals surface area contributed by atoms with E-state index in [1.54, 1.807) is 0 Å². The van der Waals surface area contributed by atoms with Gasteiger partial charge in [0.05, 0.1) is 11.7 Å². The minimum Gasteiger partial charge on any atom is -0.377 e. The Morgan fingerprint density at radius 1 is 1.20 bits per heavy atom. The summed E-state index contributed by atoms with van der Waals surface area (Å²) in [7, 11) is 0. The van der Waals surface area contributed by atoms with Gasteiger partial charge in [-0.3, -0.25) is 0 Å². The van der Waals surface area contributed by atoms with Crippen molar-refractivity contribution in [1.82, 2.24) is 5.32 Å². The fraction of sp³-hybridized carbons (Fsp3) is 1.00. The zero-order valence-corrected chi connectivity index (χ0v) is 10.1. The van der Waals surface area contributed by atoms with E-state index < -0.39 is 0 Å². The second-order valence-electron chi connectivity index (χ2n) is 5.44. The van der Waals surface area contributed by atoms with E-state index in [1.807, 2.05) is 0 Å². The molecule has 0 aromatic heterocycles. The van der Waals surface area contributed by atoms with Gasteiger partial charge >= 0.3 is 0 Å². The Morgan fingerprint density at radius 2 is 2.00 bits per heavy atom. The Morgan fingerprint density at radius 3 is 2.60 bits per heavy atom. The molecule has 15 heavy (non-hydrogen) atoms. The van der Waals surface area contributed by atoms with Gasteiger partial charge in [0, 0.05) is 25.3 Å². The van der Waals surface area contributed by atoms with Gasteiger partial charge in [-0.2, -0.15) is 0 Å². The lowest BCUT2D eigenvalue weighted by Crippen LogP contribution is -2.49. The number of ether oxygens (including phenoxy) is 2. The molecule has 2 aliphatic heterocycles. The maximum Gasteiger partial charge on any atom is 0.0700 e. The van der Waals surface area contributed by atoms with Crippen molar-refractivity contribution in [3.05, 3.63) is 0 Å². The van der Waals surface area contributed by atoms with Crippen LogP contribution in [0.1, 0.15) is 40.0 Å². The third-order valence-electron chi connectivity index (χ3n) is 3.52. The van der Waals surface area contributed by atoms with Gasteiger partial charge in [-0.05, 0) is 40.0 Å². The molecule has 0 aromatic carbocycles. The van der Waals surface area contributed by atoms with Crippen LogP contribution in [0.4, 0.5) is 0 Å². The van der Waals surface area contributed by atoms with Gasteiger partial charge in [-0.15, -0.1) is 0 Å². The van der Waals surface area contributed by atoms with Gasteiger partial charge in [-0.1, -0.05) is 0 Å². The van der Waals surface area contributed by atoms with Crippen molar-refractivity contribution in [2.75, 3.05) is 13.2 Å². The van der Waals surface area contributed by atoms with Gasteiger partial charge in [0.1, 0.15) is 0 Å². The van der Waals surface area contributed by atoms with Crippen LogP contribution in [-0.4, -0.2) is 37.0 Å². The number of nitrogens with one attached hydrogen (secondary N) is 1. The molecule has 2 heterocycles. The Labute approximate surface area is 92.5 Å². The van der Waals surface area contributed by atoms with Crippen LogP contribution in [0.15, 0.2) is 0 Å². The number of hydrogen-bond acceptors (Lipinski definition) is 3. The van der Waals surface area contributed by atoms with Crippen LogP contribution in [0, 0.1) is 0 Å². The smallest absolute Gasteiger partial charge is 0.0700 e. The van der Waals surface area contributed by atoms with E-state index >= 15 is 0 Å². The first-order valence-corrected chi connectivity index (χ1v) is 6.08. The van der Waals surface area contributed by atoms with Crippen LogP contribution in [0.25, 0.3) is 0 Å². The molecule has 2 saturated heterocycles. The molecule has 3 heteroatoms. The van der Waals surface area contributed by atoms with Crippen LogP contribution < -0.4 is 5.32 Å². The molecule has 0 aliphatic carbocycles. The van der Waals surface area contributed by atoms with Crippen LogP contribution >= 0.6 is 0 Å². The van der Waals surface area contributed by atoms with Crippen molar-refractivity contribution >= 4 is 0 Å². The molecule has 0 bridgehead atoms. The van der Waals surface area contributed by atoms with Crippen molar-refractivity contribution in [3.8, 4) is 0 Å². The Kier molecular flexibility index (Phi) is 3.33. The molecule has 2 fully saturated rings. The molecular formula is C12H23NO2. The number of rotatable bonds is 2. The van der Waals surface area contributed by atoms with Gasteiger partial charge in [0.15, 0.2) is 0 Å². The zero-order chi connectivity index (χ0) is 10.9. The lowest BCUT2D eigenvalue weighted by Gasteiger charge is -2.37. The summed E-state index contributed by atoms with van der Waals surface area (Å²) in [6.45, 7) is 8.30. The first-order chi connectivity index (χ1) is 7.07. The highest BCUT2D eigenvalue weighted by atomic mass is 16.5. The van der Waals surface area contributed by atoms with Crippen LogP contribution in [-0.2, 0) is 9.47 Å². The summed E-state index contributed by atoms with van der Waals surface area (Å²) in [6, 6.07) is 1.15. The summed E-state index contributed by atoms with van der Waals surface area (Å²) in [5, 5.41) is 3.72. The predicted octanol–water partition coefficient (Wildman–Crippen LogP) is 1.71. The second-order valence-corrected chi connectivity index (χ2v) is 5.44. The molecule has 0 aromatic rings. The summed E-state index contributed by atoms with van der Waals surface area (Å²) in [5.74, 6) is 0. The third-order valence-corrected chi connectivity index (χ3v) is 3.52. The molecule has 0 amide bonds. The van der Waals surface area contributed by atoms with E-state index in [-0.39, 0.29) is 5.60 Å². The van der Waals surface area contributed by atoms with E-state index in [0.29, 0.717) is 18.2 Å². The topological polar surface area (TPSA) is 30.5 Å². The molecule has 3 atom stereocenters. The second kappa shape index (κ2) is 4.40. The van der Waals surface area contributed by atoms with E-state index in [2.05, 4.69) is 26.1 Å². The van der Waals surface area contributed by atoms with Gasteiger partial charge in [-0.25, -0.2) is 0 Å². The Bertz CT molecular complexity index is 218. The highest BCUT2D eigenvalue weighted by Gasteiger charge is 2.32. The average molecular weight is 213 g/mol. The van der Waals surface area contributed by atoms with Crippen molar-refractivity contribution in [3.63, 3.8) is 0 Å². The summed E-state index contributed by atoms with van der Waals surface area (Å²) in [6.07, 6.45) is 3.76. The molecule has 0 spiro atoms. The summed E-state index contributed by atoms with van der Waals surface area (Å²) < 4.78 is 11.3. The van der Waals surface area contributed by atoms with Crippen molar-refractivity contribution < 1.29 is 9.47 Å². The molecule has 1 N–H and O–H groups in total. The SMILES string of the molecule is CC1OCCC1NC1CCOC(C)(C)C1. The highest BCUT2D eigenvalue weighted by Crippen LogP contribution is 2.25. The lowest BCUT2D eigenvalue weighted by molar-refractivity contribution is -0.0650. The monoisotopic (exact) mass is 213 g/mol. The predicted molar refractivity (Wildman–Crippen MR) is 60.0 cm³/mol. The summed E-state index contributed by atoms with van der Waals surface area (Å²) in [5.41, 5.74) is 0.0403. The van der Waals surface area contributed by atoms with Crippen LogP contribution in [0.3, 0.4) is 0 Å². The Hall–Kier alpha value is -0.120. The normalized spacial score (nSPS) is 40.6. The molecule has 0 saturated carbocycles. The minimum absolute atomic E-state index is 0.0403. The van der Waals surface area contributed by atoms with Crippen molar-refractivity contribution in [2.45, 2.75) is 63.8 Å². The molecule has 2 aliphatic rings. The minimum atomic E-state index is 0.0403. The zero-order valence-electron chi connectivity index (χ0n) is 10.1. The third kappa shape index (κ3) is 2.92. The molecule has 2 rings (SSSR count). The largest absolute Gasteiger partial charge is 0.377 e. The van der Waals surface area contributed by atoms with Crippen LogP contribution in [0.2, 0.25) is 0 Å². The van der Waals surface area contributed by atoms with E-state index in [1.165, 1.54) is 0 Å². The van der Waals surface area contributed by atoms with Crippen molar-refractivity contribution in [1.29, 1.82) is 0 Å². The summed E-state index contributed by atoms with van der Waals surface area (Å²) >= 11 is 0. The molecule has 3 nitrogen and oxygen atoms in total. The standard InChI is InChI=1S/C12H23NO2/c1-9-11(5-6-14-9)13-10-4-7-15-12(2,3)8-10/h9-11,13H,4-8H2,1-3H3. The molecule has 3 unspecified atom stereocenters. The maximum absolute atomic E-state index is 5.72. The summed E-state index contributed by atoms with van der Waals surface area (Å²) in [4.78, 5) is 0. The Balaban J connectivity index is 1.83. The first-order valence-electron chi connectivity index (χ1n) is 6.08. The quantitative estimate of drug-likeness (QED) is 0.757. The van der Waals surface area contributed by atoms with E-state index in [4.69, 9.17) is 9.47 Å². The highest BCUT2D eigenvalue weighted by molar-refractivity contribution is 4.88. The van der Waals surface area contributed by atoms with E-state index in [9.17, 15) is 0 Å². The van der Waals surface area contributed by atoms with Gasteiger partial charge in [0.2, 0.25) is 0 Å². The van der Waals surface area contributed by atoms with Crippen molar-refractivity contribution in [2.24, 2.45) is 0 Å². The van der Waals surface area contributed by atoms with Gasteiger partial charge in [0.25, 0.3) is 0 Å². The van der Waals surface area contributed by atoms with Crippen LogP contribution in [0.5, 0.6) is 0 Å². The fourth-order valence-electron chi connectivity index (χ4n) is 2.63. The van der Waals surface area contributed by atoms with Gasteiger partial charge < -0.3 is 14.8 Å². The molecule has 88 valence electrons. The maximum atomic E-state index is 5.72. The lowest BCUT2D eigenvalue weighted by atomic mass is 9.93. The molecular weight excluding hydrogens is 190 g/mol. The molecule has 0 radical (unpaired) electrons. The average Bonchev–Trinajstić information content (AvgIpc) is 2.50. The van der Waals surface area contributed by atoms with E-state index in [0.717, 1.165) is 32.5 Å². The first kappa shape index (κ1) is 11.4. The fourth-order valence-corrected chi connectivity index (χ4v) is 2.63. The number of hydrogen-bond donors (Lipinski definition) is 1.